The van der Waals surface area contributed by atoms with E-state index in [-0.39, 0.29) is 17.9 Å². The molecular weight excluding hydrogens is 402 g/mol. The van der Waals surface area contributed by atoms with Gasteiger partial charge in [0.2, 0.25) is 11.8 Å². The lowest BCUT2D eigenvalue weighted by atomic mass is 9.89. The number of hydrazine groups is 1. The number of fused-ring (bicyclic) bond motifs is 1. The van der Waals surface area contributed by atoms with Gasteiger partial charge < -0.3 is 16.0 Å². The molecule has 7 nitrogen and oxygen atoms in total. The van der Waals surface area contributed by atoms with Crippen molar-refractivity contribution in [1.82, 2.24) is 26.4 Å². The number of carbonyl (C=O) groups excluding carboxylic acids is 2. The highest BCUT2D eigenvalue weighted by Gasteiger charge is 2.50. The maximum Gasteiger partial charge on any atom is 0.247 e. The summed E-state index contributed by atoms with van der Waals surface area (Å²) in [5, 5.41) is 11.6. The van der Waals surface area contributed by atoms with E-state index in [0.717, 1.165) is 42.8 Å². The second kappa shape index (κ2) is 9.14. The molecule has 166 valence electrons. The second-order valence-corrected chi connectivity index (χ2v) is 8.66. The number of hydrogen-bond acceptors (Lipinski definition) is 5. The zero-order valence-corrected chi connectivity index (χ0v) is 18.0. The summed E-state index contributed by atoms with van der Waals surface area (Å²) in [7, 11) is 0. The molecule has 3 atom stereocenters. The molecule has 2 aromatic carbocycles. The molecule has 3 heterocycles. The van der Waals surface area contributed by atoms with E-state index in [4.69, 9.17) is 0 Å². The summed E-state index contributed by atoms with van der Waals surface area (Å²) in [6.45, 7) is 2.33. The quantitative estimate of drug-likeness (QED) is 0.580. The summed E-state index contributed by atoms with van der Waals surface area (Å²) < 4.78 is 0. The molecule has 2 aromatic rings. The van der Waals surface area contributed by atoms with E-state index in [9.17, 15) is 9.59 Å². The number of benzene rings is 2. The molecule has 3 unspecified atom stereocenters. The van der Waals surface area contributed by atoms with Crippen molar-refractivity contribution < 1.29 is 9.59 Å². The predicted molar refractivity (Wildman–Crippen MR) is 122 cm³/mol. The van der Waals surface area contributed by atoms with E-state index in [0.29, 0.717) is 12.5 Å². The minimum Gasteiger partial charge on any atom is -0.352 e. The first-order valence-corrected chi connectivity index (χ1v) is 11.4. The van der Waals surface area contributed by atoms with Gasteiger partial charge in [0.25, 0.3) is 0 Å². The Morgan fingerprint density at radius 1 is 1.00 bits per heavy atom. The molecule has 2 amide bonds. The summed E-state index contributed by atoms with van der Waals surface area (Å²) in [6, 6.07) is 19.6. The molecule has 0 aromatic heterocycles. The molecule has 5 rings (SSSR count). The first kappa shape index (κ1) is 20.7. The van der Waals surface area contributed by atoms with Gasteiger partial charge in [0.1, 0.15) is 6.17 Å². The lowest BCUT2D eigenvalue weighted by Crippen LogP contribution is -2.56. The van der Waals surface area contributed by atoms with Gasteiger partial charge in [-0.3, -0.25) is 14.6 Å². The molecule has 0 spiro atoms. The van der Waals surface area contributed by atoms with Crippen LogP contribution in [0.5, 0.6) is 0 Å². The van der Waals surface area contributed by atoms with Crippen LogP contribution in [0.15, 0.2) is 72.4 Å². The van der Waals surface area contributed by atoms with Gasteiger partial charge in [-0.15, -0.1) is 0 Å². The van der Waals surface area contributed by atoms with Crippen LogP contribution in [0, 0.1) is 11.8 Å². The van der Waals surface area contributed by atoms with E-state index in [1.54, 1.807) is 6.08 Å². The Morgan fingerprint density at radius 3 is 2.41 bits per heavy atom. The minimum absolute atomic E-state index is 0.0745. The summed E-state index contributed by atoms with van der Waals surface area (Å²) in [6.07, 6.45) is 3.22. The van der Waals surface area contributed by atoms with Crippen molar-refractivity contribution in [1.29, 1.82) is 0 Å². The number of nitrogens with zero attached hydrogens (tertiary/aromatic N) is 1. The highest BCUT2D eigenvalue weighted by atomic mass is 16.2. The minimum atomic E-state index is -0.463. The standard InChI is InChI=1S/C25H29N5O2/c31-21-15-20(18-11-13-26-14-12-18)30-24(28-21)22(23(29-30)19-9-5-2-6-10-19)25(32)27-16-17-7-3-1-4-8-17/h1-10,15,18,22-24,26,29H,11-14,16H2,(H,27,32)(H,28,31). The van der Waals surface area contributed by atoms with Crippen molar-refractivity contribution in [3.05, 3.63) is 83.6 Å². The average Bonchev–Trinajstić information content (AvgIpc) is 3.23. The van der Waals surface area contributed by atoms with E-state index in [2.05, 4.69) is 21.4 Å². The second-order valence-electron chi connectivity index (χ2n) is 8.66. The normalized spacial score (nSPS) is 25.6. The van der Waals surface area contributed by atoms with E-state index < -0.39 is 12.1 Å². The van der Waals surface area contributed by atoms with Crippen LogP contribution in [0.2, 0.25) is 0 Å². The fraction of sp³-hybridized carbons (Fsp3) is 0.360. The van der Waals surface area contributed by atoms with Crippen LogP contribution in [0.3, 0.4) is 0 Å². The number of amides is 2. The zero-order chi connectivity index (χ0) is 21.9. The molecule has 0 bridgehead atoms. The number of rotatable bonds is 5. The lowest BCUT2D eigenvalue weighted by molar-refractivity contribution is -0.128. The Balaban J connectivity index is 1.43. The largest absolute Gasteiger partial charge is 0.352 e. The van der Waals surface area contributed by atoms with Crippen molar-refractivity contribution in [3.8, 4) is 0 Å². The zero-order valence-electron chi connectivity index (χ0n) is 18.0. The number of piperidine rings is 1. The highest BCUT2D eigenvalue weighted by Crippen LogP contribution is 2.39. The van der Waals surface area contributed by atoms with Gasteiger partial charge in [0.15, 0.2) is 0 Å². The molecule has 32 heavy (non-hydrogen) atoms. The van der Waals surface area contributed by atoms with Gasteiger partial charge in [-0.25, -0.2) is 5.43 Å². The van der Waals surface area contributed by atoms with Gasteiger partial charge in [0.05, 0.1) is 12.0 Å². The van der Waals surface area contributed by atoms with Crippen LogP contribution in [-0.4, -0.2) is 36.1 Å². The third-order valence-corrected chi connectivity index (χ3v) is 6.63. The predicted octanol–water partition coefficient (Wildman–Crippen LogP) is 1.82. The molecule has 0 radical (unpaired) electrons. The topological polar surface area (TPSA) is 85.5 Å². The van der Waals surface area contributed by atoms with Gasteiger partial charge >= 0.3 is 0 Å². The monoisotopic (exact) mass is 431 g/mol. The lowest BCUT2D eigenvalue weighted by Gasteiger charge is -2.38. The fourth-order valence-corrected chi connectivity index (χ4v) is 5.01. The van der Waals surface area contributed by atoms with Crippen LogP contribution in [-0.2, 0) is 16.1 Å². The number of nitrogens with one attached hydrogen (secondary N) is 4. The number of allylic oxidation sites excluding steroid dienone is 1. The summed E-state index contributed by atoms with van der Waals surface area (Å²) >= 11 is 0. The first-order chi connectivity index (χ1) is 15.7. The highest BCUT2D eigenvalue weighted by molar-refractivity contribution is 5.91. The Morgan fingerprint density at radius 2 is 1.69 bits per heavy atom. The average molecular weight is 432 g/mol. The molecule has 0 aliphatic carbocycles. The Labute approximate surface area is 188 Å². The molecule has 7 heteroatoms. The van der Waals surface area contributed by atoms with Crippen LogP contribution >= 0.6 is 0 Å². The van der Waals surface area contributed by atoms with Gasteiger partial charge in [-0.1, -0.05) is 60.7 Å². The summed E-state index contributed by atoms with van der Waals surface area (Å²) in [4.78, 5) is 26.1. The first-order valence-electron chi connectivity index (χ1n) is 11.4. The van der Waals surface area contributed by atoms with Crippen LogP contribution in [0.4, 0.5) is 0 Å². The SMILES string of the molecule is O=C1C=C(C2CCNCC2)N2NC(c3ccccc3)C(C(=O)NCc3ccccc3)C2N1. The summed E-state index contributed by atoms with van der Waals surface area (Å²) in [5.41, 5.74) is 6.63. The van der Waals surface area contributed by atoms with E-state index in [1.807, 2.05) is 65.7 Å². The molecule has 3 aliphatic heterocycles. The van der Waals surface area contributed by atoms with Gasteiger partial charge in [-0.2, -0.15) is 0 Å². The van der Waals surface area contributed by atoms with Crippen molar-refractivity contribution in [2.24, 2.45) is 11.8 Å². The smallest absolute Gasteiger partial charge is 0.247 e. The van der Waals surface area contributed by atoms with Crippen LogP contribution in [0.1, 0.15) is 30.0 Å². The van der Waals surface area contributed by atoms with E-state index >= 15 is 0 Å². The van der Waals surface area contributed by atoms with Crippen molar-refractivity contribution in [2.75, 3.05) is 13.1 Å². The molecular formula is C25H29N5O2. The Bertz CT molecular complexity index is 988. The maximum atomic E-state index is 13.5. The third-order valence-electron chi connectivity index (χ3n) is 6.63. The Kier molecular flexibility index (Phi) is 5.92. The molecule has 2 fully saturated rings. The number of hydrogen-bond donors (Lipinski definition) is 4. The van der Waals surface area contributed by atoms with Crippen molar-refractivity contribution in [3.63, 3.8) is 0 Å². The Hall–Kier alpha value is -3.16. The van der Waals surface area contributed by atoms with E-state index in [1.165, 1.54) is 0 Å². The van der Waals surface area contributed by atoms with Gasteiger partial charge in [0, 0.05) is 24.2 Å². The van der Waals surface area contributed by atoms with Crippen molar-refractivity contribution in [2.45, 2.75) is 31.6 Å². The van der Waals surface area contributed by atoms with Crippen LogP contribution in [0.25, 0.3) is 0 Å². The molecule has 0 saturated carbocycles. The number of carbonyl (C=O) groups is 2. The summed E-state index contributed by atoms with van der Waals surface area (Å²) in [5.74, 6) is -0.374. The van der Waals surface area contributed by atoms with Crippen LogP contribution < -0.4 is 21.4 Å². The molecule has 4 N–H and O–H groups in total. The van der Waals surface area contributed by atoms with Crippen molar-refractivity contribution >= 4 is 11.8 Å². The fourth-order valence-electron chi connectivity index (χ4n) is 5.01. The molecule has 2 saturated heterocycles. The molecule has 3 aliphatic rings. The maximum absolute atomic E-state index is 13.5. The third kappa shape index (κ3) is 4.13. The van der Waals surface area contributed by atoms with Gasteiger partial charge in [-0.05, 0) is 37.1 Å².